The monoisotopic (exact) mass is 232 g/mol. The molecule has 0 spiro atoms. The Morgan fingerprint density at radius 1 is 1.47 bits per heavy atom. The number of rotatable bonds is 4. The van der Waals surface area contributed by atoms with E-state index in [1.807, 2.05) is 24.3 Å². The Balaban J connectivity index is 1.87. The third-order valence-corrected chi connectivity index (χ3v) is 3.52. The summed E-state index contributed by atoms with van der Waals surface area (Å²) in [6.45, 7) is 5.40. The number of nitrogens with one attached hydrogen (secondary N) is 1. The van der Waals surface area contributed by atoms with Crippen molar-refractivity contribution >= 4 is 5.91 Å². The van der Waals surface area contributed by atoms with Crippen molar-refractivity contribution in [2.45, 2.75) is 33.4 Å². The van der Waals surface area contributed by atoms with Crippen LogP contribution in [0.1, 0.15) is 31.4 Å². The first-order chi connectivity index (χ1) is 8.03. The third kappa shape index (κ3) is 2.86. The third-order valence-electron chi connectivity index (χ3n) is 3.52. The quantitative estimate of drug-likeness (QED) is 0.831. The second kappa shape index (κ2) is 4.49. The van der Waals surface area contributed by atoms with Gasteiger partial charge in [-0.25, -0.2) is 0 Å². The average Bonchev–Trinajstić information content (AvgIpc) is 2.96. The lowest BCUT2D eigenvalue weighted by Gasteiger charge is -2.07. The second-order valence-corrected chi connectivity index (χ2v) is 5.49. The van der Waals surface area contributed by atoms with Gasteiger partial charge in [-0.05, 0) is 23.0 Å². The van der Waals surface area contributed by atoms with Crippen LogP contribution in [0.15, 0.2) is 24.3 Å². The molecule has 0 saturated heterocycles. The summed E-state index contributed by atoms with van der Waals surface area (Å²) >= 11 is 0. The summed E-state index contributed by atoms with van der Waals surface area (Å²) < 4.78 is 0. The van der Waals surface area contributed by atoms with Crippen LogP contribution in [0, 0.1) is 11.3 Å². The lowest BCUT2D eigenvalue weighted by molar-refractivity contribution is -0.123. The molecule has 92 valence electrons. The molecule has 0 bridgehead atoms. The van der Waals surface area contributed by atoms with E-state index in [1.165, 1.54) is 0 Å². The van der Waals surface area contributed by atoms with Crippen molar-refractivity contribution in [2.24, 2.45) is 17.1 Å². The van der Waals surface area contributed by atoms with Crippen LogP contribution in [0.5, 0.6) is 0 Å². The highest BCUT2D eigenvalue weighted by Gasteiger charge is 2.50. The van der Waals surface area contributed by atoms with E-state index in [0.717, 1.165) is 17.5 Å². The molecule has 0 radical (unpaired) electrons. The van der Waals surface area contributed by atoms with Crippen molar-refractivity contribution in [1.29, 1.82) is 0 Å². The van der Waals surface area contributed by atoms with Crippen molar-refractivity contribution in [2.75, 3.05) is 0 Å². The van der Waals surface area contributed by atoms with E-state index < -0.39 is 0 Å². The molecule has 1 aromatic rings. The predicted molar refractivity (Wildman–Crippen MR) is 68.1 cm³/mol. The van der Waals surface area contributed by atoms with E-state index in [2.05, 4.69) is 19.2 Å². The number of nitrogens with two attached hydrogens (primary N) is 1. The molecule has 0 aromatic heterocycles. The van der Waals surface area contributed by atoms with Gasteiger partial charge in [0.25, 0.3) is 0 Å². The SMILES string of the molecule is CC1(C)CC1C(=O)NCc1cccc(CN)c1. The van der Waals surface area contributed by atoms with Gasteiger partial charge in [-0.3, -0.25) is 4.79 Å². The van der Waals surface area contributed by atoms with E-state index in [0.29, 0.717) is 13.1 Å². The molecule has 1 aliphatic carbocycles. The van der Waals surface area contributed by atoms with E-state index in [9.17, 15) is 4.79 Å². The predicted octanol–water partition coefficient (Wildman–Crippen LogP) is 1.81. The molecule has 0 heterocycles. The molecular formula is C14H20N2O. The van der Waals surface area contributed by atoms with Crippen molar-refractivity contribution in [3.63, 3.8) is 0 Å². The Hall–Kier alpha value is -1.35. The van der Waals surface area contributed by atoms with Gasteiger partial charge in [0.2, 0.25) is 5.91 Å². The van der Waals surface area contributed by atoms with Gasteiger partial charge in [0.15, 0.2) is 0 Å². The fourth-order valence-corrected chi connectivity index (χ4v) is 2.09. The van der Waals surface area contributed by atoms with Crippen molar-refractivity contribution in [3.05, 3.63) is 35.4 Å². The molecule has 1 saturated carbocycles. The first-order valence-electron chi connectivity index (χ1n) is 6.08. The molecule has 2 rings (SSSR count). The van der Waals surface area contributed by atoms with Crippen LogP contribution >= 0.6 is 0 Å². The molecule has 1 fully saturated rings. The van der Waals surface area contributed by atoms with E-state index in [-0.39, 0.29) is 17.2 Å². The number of amides is 1. The molecule has 1 aromatic carbocycles. The number of hydrogen-bond acceptors (Lipinski definition) is 2. The fraction of sp³-hybridized carbons (Fsp3) is 0.500. The van der Waals surface area contributed by atoms with Crippen LogP contribution in [0.3, 0.4) is 0 Å². The smallest absolute Gasteiger partial charge is 0.223 e. The Labute approximate surface area is 102 Å². The first-order valence-corrected chi connectivity index (χ1v) is 6.08. The zero-order valence-corrected chi connectivity index (χ0v) is 10.5. The van der Waals surface area contributed by atoms with Crippen molar-refractivity contribution in [3.8, 4) is 0 Å². The van der Waals surface area contributed by atoms with Gasteiger partial charge < -0.3 is 11.1 Å². The van der Waals surface area contributed by atoms with Gasteiger partial charge in [-0.2, -0.15) is 0 Å². The molecule has 1 amide bonds. The maximum Gasteiger partial charge on any atom is 0.223 e. The molecule has 3 heteroatoms. The van der Waals surface area contributed by atoms with Gasteiger partial charge >= 0.3 is 0 Å². The highest BCUT2D eigenvalue weighted by molar-refractivity contribution is 5.82. The minimum absolute atomic E-state index is 0.174. The summed E-state index contributed by atoms with van der Waals surface area (Å²) in [7, 11) is 0. The number of benzene rings is 1. The lowest BCUT2D eigenvalue weighted by Crippen LogP contribution is -2.26. The molecule has 1 atom stereocenters. The Morgan fingerprint density at radius 3 is 2.71 bits per heavy atom. The van der Waals surface area contributed by atoms with Crippen LogP contribution in [-0.2, 0) is 17.9 Å². The second-order valence-electron chi connectivity index (χ2n) is 5.49. The summed E-state index contributed by atoms with van der Waals surface area (Å²) in [4.78, 5) is 11.8. The Bertz CT molecular complexity index is 426. The largest absolute Gasteiger partial charge is 0.352 e. The van der Waals surface area contributed by atoms with Gasteiger partial charge in [0.1, 0.15) is 0 Å². The zero-order chi connectivity index (χ0) is 12.5. The van der Waals surface area contributed by atoms with Crippen molar-refractivity contribution < 1.29 is 4.79 Å². The molecular weight excluding hydrogens is 212 g/mol. The molecule has 3 nitrogen and oxygen atoms in total. The maximum atomic E-state index is 11.8. The molecule has 17 heavy (non-hydrogen) atoms. The van der Waals surface area contributed by atoms with Gasteiger partial charge in [0, 0.05) is 19.0 Å². The van der Waals surface area contributed by atoms with E-state index in [4.69, 9.17) is 5.73 Å². The standard InChI is InChI=1S/C14H20N2O/c1-14(2)7-12(14)13(17)16-9-11-5-3-4-10(6-11)8-15/h3-6,12H,7-9,15H2,1-2H3,(H,16,17). The zero-order valence-electron chi connectivity index (χ0n) is 10.5. The van der Waals surface area contributed by atoms with Crippen LogP contribution in [-0.4, -0.2) is 5.91 Å². The first kappa shape index (κ1) is 12.1. The normalized spacial score (nSPS) is 21.0. The van der Waals surface area contributed by atoms with E-state index >= 15 is 0 Å². The summed E-state index contributed by atoms with van der Waals surface area (Å²) in [6.07, 6.45) is 1.00. The lowest BCUT2D eigenvalue weighted by atomic mass is 10.1. The summed E-state index contributed by atoms with van der Waals surface area (Å²) in [6, 6.07) is 8.02. The maximum absolute atomic E-state index is 11.8. The molecule has 1 aliphatic rings. The minimum Gasteiger partial charge on any atom is -0.352 e. The highest BCUT2D eigenvalue weighted by Crippen LogP contribution is 2.51. The van der Waals surface area contributed by atoms with Gasteiger partial charge in [-0.15, -0.1) is 0 Å². The Kier molecular flexibility index (Phi) is 3.20. The van der Waals surface area contributed by atoms with Crippen LogP contribution in [0.4, 0.5) is 0 Å². The van der Waals surface area contributed by atoms with Crippen LogP contribution in [0.25, 0.3) is 0 Å². The molecule has 3 N–H and O–H groups in total. The summed E-state index contributed by atoms with van der Waals surface area (Å²) in [5, 5.41) is 2.99. The van der Waals surface area contributed by atoms with Crippen LogP contribution < -0.4 is 11.1 Å². The highest BCUT2D eigenvalue weighted by atomic mass is 16.2. The summed E-state index contributed by atoms with van der Waals surface area (Å²) in [5.41, 5.74) is 7.99. The molecule has 0 aliphatic heterocycles. The minimum atomic E-state index is 0.174. The number of carbonyl (C=O) groups excluding carboxylic acids is 1. The summed E-state index contributed by atoms with van der Waals surface area (Å²) in [5.74, 6) is 0.369. The number of carbonyl (C=O) groups is 1. The van der Waals surface area contributed by atoms with Gasteiger partial charge in [-0.1, -0.05) is 38.1 Å². The fourth-order valence-electron chi connectivity index (χ4n) is 2.09. The average molecular weight is 232 g/mol. The number of hydrogen-bond donors (Lipinski definition) is 2. The van der Waals surface area contributed by atoms with Crippen molar-refractivity contribution in [1.82, 2.24) is 5.32 Å². The molecule has 1 unspecified atom stereocenters. The van der Waals surface area contributed by atoms with E-state index in [1.54, 1.807) is 0 Å². The van der Waals surface area contributed by atoms with Crippen LogP contribution in [0.2, 0.25) is 0 Å². The Morgan fingerprint density at radius 2 is 2.12 bits per heavy atom. The topological polar surface area (TPSA) is 55.1 Å². The van der Waals surface area contributed by atoms with Gasteiger partial charge in [0.05, 0.1) is 0 Å².